The molecule has 2 aromatic rings. The zero-order valence-corrected chi connectivity index (χ0v) is 11.5. The minimum absolute atomic E-state index is 0.274. The summed E-state index contributed by atoms with van der Waals surface area (Å²) in [5.41, 5.74) is 0.861. The summed E-state index contributed by atoms with van der Waals surface area (Å²) in [5.74, 6) is 1.32. The van der Waals surface area contributed by atoms with Crippen molar-refractivity contribution < 1.29 is 4.74 Å². The van der Waals surface area contributed by atoms with Crippen molar-refractivity contribution in [2.24, 2.45) is 5.92 Å². The Morgan fingerprint density at radius 3 is 3.00 bits per heavy atom. The van der Waals surface area contributed by atoms with Gasteiger partial charge in [-0.05, 0) is 37.1 Å². The van der Waals surface area contributed by atoms with E-state index in [2.05, 4.69) is 22.2 Å². The minimum atomic E-state index is 0.274. The Morgan fingerprint density at radius 1 is 1.37 bits per heavy atom. The predicted octanol–water partition coefficient (Wildman–Crippen LogP) is 3.12. The van der Waals surface area contributed by atoms with Crippen molar-refractivity contribution >= 4 is 28.3 Å². The fourth-order valence-electron chi connectivity index (χ4n) is 2.44. The van der Waals surface area contributed by atoms with E-state index in [4.69, 9.17) is 16.3 Å². The first kappa shape index (κ1) is 12.6. The Hall–Kier alpha value is -1.39. The predicted molar refractivity (Wildman–Crippen MR) is 76.6 cm³/mol. The molecule has 2 heterocycles. The number of halogens is 1. The third-order valence-electron chi connectivity index (χ3n) is 3.61. The number of anilines is 1. The molecule has 1 aromatic heterocycles. The second kappa shape index (κ2) is 5.31. The van der Waals surface area contributed by atoms with Crippen LogP contribution in [0.25, 0.3) is 10.9 Å². The molecule has 0 saturated carbocycles. The van der Waals surface area contributed by atoms with Crippen LogP contribution in [0.3, 0.4) is 0 Å². The summed E-state index contributed by atoms with van der Waals surface area (Å²) >= 11 is 5.98. The van der Waals surface area contributed by atoms with Gasteiger partial charge in [-0.25, -0.2) is 9.97 Å². The standard InChI is InChI=1S/C14H16ClN3O/c1-9(10-6-7-19-8-10)16-13-11-4-2-3-5-12(11)17-14(15)18-13/h2-5,9-10H,6-8H2,1H3,(H,16,17,18). The summed E-state index contributed by atoms with van der Waals surface area (Å²) < 4.78 is 5.43. The Balaban J connectivity index is 1.91. The van der Waals surface area contributed by atoms with Gasteiger partial charge in [0, 0.05) is 24.0 Å². The molecule has 0 aliphatic carbocycles. The zero-order valence-electron chi connectivity index (χ0n) is 10.8. The van der Waals surface area contributed by atoms with Crippen molar-refractivity contribution in [1.82, 2.24) is 9.97 Å². The first-order valence-corrected chi connectivity index (χ1v) is 6.88. The van der Waals surface area contributed by atoms with E-state index in [1.807, 2.05) is 24.3 Å². The minimum Gasteiger partial charge on any atom is -0.381 e. The Morgan fingerprint density at radius 2 is 2.21 bits per heavy atom. The molecule has 0 radical (unpaired) electrons. The molecule has 0 spiro atoms. The number of nitrogens with one attached hydrogen (secondary N) is 1. The molecular formula is C14H16ClN3O. The van der Waals surface area contributed by atoms with E-state index in [1.54, 1.807) is 0 Å². The van der Waals surface area contributed by atoms with Crippen molar-refractivity contribution in [2.45, 2.75) is 19.4 Å². The molecule has 100 valence electrons. The van der Waals surface area contributed by atoms with Gasteiger partial charge in [0.05, 0.1) is 12.1 Å². The summed E-state index contributed by atoms with van der Waals surface area (Å²) in [5, 5.41) is 4.72. The van der Waals surface area contributed by atoms with E-state index in [0.29, 0.717) is 12.0 Å². The number of fused-ring (bicyclic) bond motifs is 1. The van der Waals surface area contributed by atoms with Gasteiger partial charge in [0.25, 0.3) is 0 Å². The average Bonchev–Trinajstić information content (AvgIpc) is 2.92. The van der Waals surface area contributed by atoms with Gasteiger partial charge in [-0.15, -0.1) is 0 Å². The van der Waals surface area contributed by atoms with Crippen molar-refractivity contribution in [3.05, 3.63) is 29.5 Å². The quantitative estimate of drug-likeness (QED) is 0.876. The third kappa shape index (κ3) is 2.65. The van der Waals surface area contributed by atoms with Crippen LogP contribution in [0.4, 0.5) is 5.82 Å². The Kier molecular flexibility index (Phi) is 3.53. The molecule has 4 nitrogen and oxygen atoms in total. The highest BCUT2D eigenvalue weighted by Crippen LogP contribution is 2.25. The Labute approximate surface area is 117 Å². The number of nitrogens with zero attached hydrogens (tertiary/aromatic N) is 2. The lowest BCUT2D eigenvalue weighted by molar-refractivity contribution is 0.183. The topological polar surface area (TPSA) is 47.0 Å². The molecule has 2 unspecified atom stereocenters. The average molecular weight is 278 g/mol. The second-order valence-electron chi connectivity index (χ2n) is 4.92. The summed E-state index contributed by atoms with van der Waals surface area (Å²) in [6, 6.07) is 8.18. The van der Waals surface area contributed by atoms with Crippen LogP contribution in [-0.2, 0) is 4.74 Å². The largest absolute Gasteiger partial charge is 0.381 e. The number of rotatable bonds is 3. The van der Waals surface area contributed by atoms with Crippen LogP contribution in [0.15, 0.2) is 24.3 Å². The first-order chi connectivity index (χ1) is 9.24. The SMILES string of the molecule is CC(Nc1nc(Cl)nc2ccccc12)C1CCOC1. The van der Waals surface area contributed by atoms with Gasteiger partial charge in [-0.3, -0.25) is 0 Å². The molecule has 1 aliphatic heterocycles. The fourth-order valence-corrected chi connectivity index (χ4v) is 2.61. The van der Waals surface area contributed by atoms with E-state index in [1.165, 1.54) is 0 Å². The van der Waals surface area contributed by atoms with Crippen molar-refractivity contribution in [3.8, 4) is 0 Å². The van der Waals surface area contributed by atoms with E-state index in [0.717, 1.165) is 36.4 Å². The number of hydrogen-bond donors (Lipinski definition) is 1. The lowest BCUT2D eigenvalue weighted by atomic mass is 10.0. The summed E-state index contributed by atoms with van der Waals surface area (Å²) in [4.78, 5) is 8.55. The van der Waals surface area contributed by atoms with Gasteiger partial charge < -0.3 is 10.1 Å². The summed E-state index contributed by atoms with van der Waals surface area (Å²) in [6.45, 7) is 3.82. The van der Waals surface area contributed by atoms with E-state index in [-0.39, 0.29) is 5.28 Å². The van der Waals surface area contributed by atoms with Crippen molar-refractivity contribution in [1.29, 1.82) is 0 Å². The zero-order chi connectivity index (χ0) is 13.2. The maximum atomic E-state index is 5.98. The van der Waals surface area contributed by atoms with Gasteiger partial charge in [0.2, 0.25) is 5.28 Å². The van der Waals surface area contributed by atoms with Crippen LogP contribution in [0.2, 0.25) is 5.28 Å². The highest BCUT2D eigenvalue weighted by Gasteiger charge is 2.23. The van der Waals surface area contributed by atoms with E-state index < -0.39 is 0 Å². The van der Waals surface area contributed by atoms with Crippen LogP contribution >= 0.6 is 11.6 Å². The number of benzene rings is 1. The molecule has 0 bridgehead atoms. The second-order valence-corrected chi connectivity index (χ2v) is 5.25. The normalized spacial score (nSPS) is 20.6. The molecule has 1 saturated heterocycles. The lowest BCUT2D eigenvalue weighted by Crippen LogP contribution is -2.26. The molecule has 0 amide bonds. The highest BCUT2D eigenvalue weighted by atomic mass is 35.5. The van der Waals surface area contributed by atoms with E-state index in [9.17, 15) is 0 Å². The number of ether oxygens (including phenoxy) is 1. The van der Waals surface area contributed by atoms with Crippen LogP contribution in [0, 0.1) is 5.92 Å². The monoisotopic (exact) mass is 277 g/mol. The van der Waals surface area contributed by atoms with E-state index >= 15 is 0 Å². The summed E-state index contributed by atoms with van der Waals surface area (Å²) in [7, 11) is 0. The Bertz CT molecular complexity index is 584. The van der Waals surface area contributed by atoms with Gasteiger partial charge >= 0.3 is 0 Å². The van der Waals surface area contributed by atoms with Gasteiger partial charge in [-0.1, -0.05) is 12.1 Å². The number of aromatic nitrogens is 2. The molecule has 5 heteroatoms. The van der Waals surface area contributed by atoms with Gasteiger partial charge in [0.1, 0.15) is 5.82 Å². The van der Waals surface area contributed by atoms with Crippen molar-refractivity contribution in [3.63, 3.8) is 0 Å². The summed E-state index contributed by atoms with van der Waals surface area (Å²) in [6.07, 6.45) is 1.09. The van der Waals surface area contributed by atoms with Crippen LogP contribution < -0.4 is 5.32 Å². The molecule has 1 aromatic carbocycles. The first-order valence-electron chi connectivity index (χ1n) is 6.50. The molecule has 1 aliphatic rings. The fraction of sp³-hybridized carbons (Fsp3) is 0.429. The maximum absolute atomic E-state index is 5.98. The number of hydrogen-bond acceptors (Lipinski definition) is 4. The third-order valence-corrected chi connectivity index (χ3v) is 3.78. The highest BCUT2D eigenvalue weighted by molar-refractivity contribution is 6.28. The van der Waals surface area contributed by atoms with Crippen LogP contribution in [-0.4, -0.2) is 29.2 Å². The molecule has 1 N–H and O–H groups in total. The van der Waals surface area contributed by atoms with Crippen LogP contribution in [0.5, 0.6) is 0 Å². The molecule has 3 rings (SSSR count). The van der Waals surface area contributed by atoms with Crippen molar-refractivity contribution in [2.75, 3.05) is 18.5 Å². The maximum Gasteiger partial charge on any atom is 0.224 e. The number of para-hydroxylation sites is 1. The lowest BCUT2D eigenvalue weighted by Gasteiger charge is -2.20. The molecular weight excluding hydrogens is 262 g/mol. The molecule has 1 fully saturated rings. The molecule has 19 heavy (non-hydrogen) atoms. The van der Waals surface area contributed by atoms with Gasteiger partial charge in [0.15, 0.2) is 0 Å². The van der Waals surface area contributed by atoms with Crippen LogP contribution in [0.1, 0.15) is 13.3 Å². The molecule has 2 atom stereocenters. The van der Waals surface area contributed by atoms with Gasteiger partial charge in [-0.2, -0.15) is 0 Å². The smallest absolute Gasteiger partial charge is 0.224 e.